The molecule has 1 aliphatic rings. The van der Waals surface area contributed by atoms with Crippen LogP contribution in [0.15, 0.2) is 283 Å². The van der Waals surface area contributed by atoms with Crippen LogP contribution in [0.3, 0.4) is 0 Å². The SMILES string of the molecule is CC1(C)c2ccccc2-c2cc3c4ccccc4n(-c4ccc5c(-n6c7ccccc7c7cc(-c8ccc9oc%10ccccc%10c9c8)ccc76)nnc(-n6c7ccccc7c7ccc(-c8ccc9c(c8)c8ccccc8n9-c8ccccc8)cc76)c5c4)c3cc21. The van der Waals surface area contributed by atoms with Crippen LogP contribution < -0.4 is 0 Å². The lowest BCUT2D eigenvalue weighted by Gasteiger charge is -2.21. The van der Waals surface area contributed by atoms with Crippen molar-refractivity contribution in [2.45, 2.75) is 19.3 Å². The number of furan rings is 1. The Kier molecular flexibility index (Phi) is 9.94. The summed E-state index contributed by atoms with van der Waals surface area (Å²) < 4.78 is 15.8. The minimum absolute atomic E-state index is 0.185. The molecule has 0 amide bonds. The van der Waals surface area contributed by atoms with E-state index in [9.17, 15) is 0 Å². The van der Waals surface area contributed by atoms with Crippen LogP contribution in [0.2, 0.25) is 0 Å². The summed E-state index contributed by atoms with van der Waals surface area (Å²) in [6.45, 7) is 4.74. The highest BCUT2D eigenvalue weighted by Gasteiger charge is 2.36. The average Bonchev–Trinajstić information content (AvgIpc) is 1.69. The van der Waals surface area contributed by atoms with Crippen molar-refractivity contribution < 1.29 is 4.42 Å². The quantitative estimate of drug-likeness (QED) is 0.167. The van der Waals surface area contributed by atoms with Crippen molar-refractivity contribution in [1.82, 2.24) is 28.5 Å². The molecule has 6 aromatic heterocycles. The van der Waals surface area contributed by atoms with Crippen LogP contribution in [0, 0.1) is 0 Å². The molecule has 0 bridgehead atoms. The molecule has 0 spiro atoms. The average molecular weight is 1150 g/mol. The lowest BCUT2D eigenvalue weighted by atomic mass is 9.82. The number of fused-ring (bicyclic) bond motifs is 19. The van der Waals surface area contributed by atoms with Crippen LogP contribution in [0.25, 0.3) is 176 Å². The summed E-state index contributed by atoms with van der Waals surface area (Å²) in [5, 5.41) is 24.6. The molecule has 0 fully saturated rings. The van der Waals surface area contributed by atoms with E-state index in [-0.39, 0.29) is 5.41 Å². The zero-order valence-electron chi connectivity index (χ0n) is 49.1. The van der Waals surface area contributed by atoms with Crippen molar-refractivity contribution in [3.05, 3.63) is 290 Å². The fourth-order valence-electron chi connectivity index (χ4n) is 15.7. The summed E-state index contributed by atoms with van der Waals surface area (Å²) in [5.74, 6) is 1.51. The highest BCUT2D eigenvalue weighted by atomic mass is 16.3. The molecular formula is C83H52N6O. The number of para-hydroxylation sites is 6. The van der Waals surface area contributed by atoms with E-state index in [0.717, 1.165) is 127 Å². The maximum absolute atomic E-state index is 6.27. The molecule has 13 aromatic carbocycles. The molecule has 90 heavy (non-hydrogen) atoms. The van der Waals surface area contributed by atoms with Gasteiger partial charge in [-0.3, -0.25) is 9.13 Å². The molecule has 0 unspecified atom stereocenters. The fourth-order valence-corrected chi connectivity index (χ4v) is 15.7. The number of rotatable bonds is 6. The normalized spacial score (nSPS) is 13.1. The van der Waals surface area contributed by atoms with Gasteiger partial charge in [0.2, 0.25) is 0 Å². The molecule has 20 rings (SSSR count). The smallest absolute Gasteiger partial charge is 0.168 e. The molecular weight excluding hydrogens is 1100 g/mol. The maximum atomic E-state index is 6.27. The van der Waals surface area contributed by atoms with Gasteiger partial charge in [-0.15, -0.1) is 10.2 Å². The molecule has 420 valence electrons. The number of hydrogen-bond acceptors (Lipinski definition) is 3. The van der Waals surface area contributed by atoms with Crippen molar-refractivity contribution in [3.8, 4) is 56.4 Å². The van der Waals surface area contributed by atoms with Gasteiger partial charge in [0.25, 0.3) is 0 Å². The molecule has 0 saturated heterocycles. The predicted octanol–water partition coefficient (Wildman–Crippen LogP) is 21.6. The molecule has 0 aliphatic heterocycles. The van der Waals surface area contributed by atoms with E-state index in [0.29, 0.717) is 0 Å². The van der Waals surface area contributed by atoms with E-state index >= 15 is 0 Å². The Morgan fingerprint density at radius 2 is 0.700 bits per heavy atom. The summed E-state index contributed by atoms with van der Waals surface area (Å²) in [6, 6.07) is 102. The van der Waals surface area contributed by atoms with Gasteiger partial charge in [-0.2, -0.15) is 0 Å². The van der Waals surface area contributed by atoms with Gasteiger partial charge >= 0.3 is 0 Å². The molecule has 0 N–H and O–H groups in total. The highest BCUT2D eigenvalue weighted by Crippen LogP contribution is 2.52. The largest absolute Gasteiger partial charge is 0.456 e. The van der Waals surface area contributed by atoms with Crippen molar-refractivity contribution in [2.24, 2.45) is 0 Å². The molecule has 6 heterocycles. The summed E-state index contributed by atoms with van der Waals surface area (Å²) in [7, 11) is 0. The van der Waals surface area contributed by atoms with E-state index in [4.69, 9.17) is 14.6 Å². The molecule has 7 heteroatoms. The van der Waals surface area contributed by atoms with Crippen LogP contribution in [-0.4, -0.2) is 28.5 Å². The van der Waals surface area contributed by atoms with E-state index in [2.05, 4.69) is 299 Å². The third kappa shape index (κ3) is 6.77. The summed E-state index contributed by atoms with van der Waals surface area (Å²) >= 11 is 0. The second-order valence-electron chi connectivity index (χ2n) is 24.9. The first-order valence-electron chi connectivity index (χ1n) is 31.0. The molecule has 1 aliphatic carbocycles. The van der Waals surface area contributed by atoms with Crippen LogP contribution in [0.1, 0.15) is 25.0 Å². The van der Waals surface area contributed by atoms with Crippen LogP contribution >= 0.6 is 0 Å². The van der Waals surface area contributed by atoms with E-state index in [1.165, 1.54) is 60.3 Å². The van der Waals surface area contributed by atoms with Gasteiger partial charge in [0.15, 0.2) is 11.6 Å². The van der Waals surface area contributed by atoms with Crippen LogP contribution in [0.5, 0.6) is 0 Å². The number of hydrogen-bond donors (Lipinski definition) is 0. The Morgan fingerprint density at radius 1 is 0.256 bits per heavy atom. The summed E-state index contributed by atoms with van der Waals surface area (Å²) in [5.41, 5.74) is 22.5. The Balaban J connectivity index is 0.836. The fraction of sp³-hybridized carbons (Fsp3) is 0.0361. The monoisotopic (exact) mass is 1150 g/mol. The molecule has 19 aromatic rings. The Labute approximate surface area is 515 Å². The highest BCUT2D eigenvalue weighted by molar-refractivity contribution is 6.17. The third-order valence-electron chi connectivity index (χ3n) is 19.9. The number of benzene rings is 13. The lowest BCUT2D eigenvalue weighted by Crippen LogP contribution is -2.15. The second kappa shape index (κ2) is 18.1. The summed E-state index contributed by atoms with van der Waals surface area (Å²) in [6.07, 6.45) is 0. The second-order valence-corrected chi connectivity index (χ2v) is 24.9. The van der Waals surface area contributed by atoms with Gasteiger partial charge < -0.3 is 13.6 Å². The van der Waals surface area contributed by atoms with Crippen molar-refractivity contribution in [1.29, 1.82) is 0 Å². The van der Waals surface area contributed by atoms with Crippen LogP contribution in [0.4, 0.5) is 0 Å². The topological polar surface area (TPSA) is 58.6 Å². The Morgan fingerprint density at radius 3 is 1.39 bits per heavy atom. The standard InChI is InChI=1S/C83H52N6O/c1-83(2)69-26-12-6-20-55(69)63-47-66-59-24-9-14-28-72(59)87(78(66)48-70(63)83)54-36-38-62-68(46-54)82(85-84-81(62)88-74-30-16-10-23-58(74)65-42-49(34-40-76(65)88)51-35-41-80-67(44-51)61-25-11-17-31-79(61)90-80)89-73-29-15-7-21-56(73)60-37-32-52(45-77(60)89)50-33-39-75-64(43-50)57-22-8-13-27-71(57)86(75)53-18-4-3-5-19-53/h3-48H,1-2H3. The Bertz CT molecular complexity index is 6320. The van der Waals surface area contributed by atoms with Crippen LogP contribution in [-0.2, 0) is 5.41 Å². The Hall–Kier alpha value is -11.8. The van der Waals surface area contributed by atoms with Gasteiger partial charge in [-0.1, -0.05) is 178 Å². The van der Waals surface area contributed by atoms with Gasteiger partial charge in [0.05, 0.1) is 44.1 Å². The predicted molar refractivity (Wildman–Crippen MR) is 373 cm³/mol. The van der Waals surface area contributed by atoms with Crippen molar-refractivity contribution >= 4 is 120 Å². The molecule has 0 radical (unpaired) electrons. The molecule has 0 atom stereocenters. The van der Waals surface area contributed by atoms with Gasteiger partial charge in [0.1, 0.15) is 11.2 Å². The summed E-state index contributed by atoms with van der Waals surface area (Å²) in [4.78, 5) is 0. The van der Waals surface area contributed by atoms with Gasteiger partial charge in [-0.25, -0.2) is 0 Å². The van der Waals surface area contributed by atoms with Crippen molar-refractivity contribution in [3.63, 3.8) is 0 Å². The van der Waals surface area contributed by atoms with E-state index in [1.807, 2.05) is 12.1 Å². The lowest BCUT2D eigenvalue weighted by molar-refractivity contribution is 0.661. The minimum Gasteiger partial charge on any atom is -0.456 e. The molecule has 0 saturated carbocycles. The first-order valence-corrected chi connectivity index (χ1v) is 31.0. The first kappa shape index (κ1) is 49.3. The van der Waals surface area contributed by atoms with Gasteiger partial charge in [-0.05, 0) is 160 Å². The van der Waals surface area contributed by atoms with E-state index < -0.39 is 0 Å². The minimum atomic E-state index is -0.185. The van der Waals surface area contributed by atoms with E-state index in [1.54, 1.807) is 0 Å². The van der Waals surface area contributed by atoms with Gasteiger partial charge in [0, 0.05) is 81.4 Å². The molecule has 7 nitrogen and oxygen atoms in total. The number of nitrogens with zero attached hydrogens (tertiary/aromatic N) is 6. The zero-order valence-corrected chi connectivity index (χ0v) is 49.1. The van der Waals surface area contributed by atoms with Crippen molar-refractivity contribution in [2.75, 3.05) is 0 Å². The first-order chi connectivity index (χ1) is 44.4. The number of aromatic nitrogens is 6. The third-order valence-corrected chi connectivity index (χ3v) is 19.9. The maximum Gasteiger partial charge on any atom is 0.168 e. The zero-order chi connectivity index (χ0) is 59.1.